The first kappa shape index (κ1) is 15.6. The molecule has 4 heteroatoms. The molecule has 2 aromatic carbocycles. The zero-order chi connectivity index (χ0) is 15.8. The molecule has 1 amide bonds. The molecule has 0 aliphatic carbocycles. The number of nitrogens with one attached hydrogen (secondary N) is 1. The number of methoxy groups -OCH3 is 2. The molecule has 0 fully saturated rings. The Hall–Kier alpha value is -2.75. The van der Waals surface area contributed by atoms with E-state index in [1.54, 1.807) is 26.4 Å². The van der Waals surface area contributed by atoms with Crippen LogP contribution >= 0.6 is 0 Å². The summed E-state index contributed by atoms with van der Waals surface area (Å²) >= 11 is 0. The summed E-state index contributed by atoms with van der Waals surface area (Å²) in [6, 6.07) is 15.2. The summed E-state index contributed by atoms with van der Waals surface area (Å²) in [5, 5.41) is 2.84. The van der Waals surface area contributed by atoms with Crippen LogP contribution in [0.25, 0.3) is 6.08 Å². The predicted octanol–water partition coefficient (Wildman–Crippen LogP) is 3.03. The lowest BCUT2D eigenvalue weighted by Gasteiger charge is -2.07. The topological polar surface area (TPSA) is 47.6 Å². The van der Waals surface area contributed by atoms with E-state index in [0.717, 1.165) is 11.1 Å². The summed E-state index contributed by atoms with van der Waals surface area (Å²) in [5.74, 6) is 1.24. The summed E-state index contributed by atoms with van der Waals surface area (Å²) < 4.78 is 10.4. The molecule has 0 aliphatic heterocycles. The first-order valence-electron chi connectivity index (χ1n) is 6.95. The van der Waals surface area contributed by atoms with Crippen molar-refractivity contribution in [1.82, 2.24) is 5.32 Å². The largest absolute Gasteiger partial charge is 0.497 e. The number of hydrogen-bond donors (Lipinski definition) is 1. The van der Waals surface area contributed by atoms with Crippen LogP contribution in [0.3, 0.4) is 0 Å². The third-order valence-corrected chi connectivity index (χ3v) is 3.16. The molecule has 0 unspecified atom stereocenters. The molecule has 0 heterocycles. The Labute approximate surface area is 130 Å². The number of hydrogen-bond acceptors (Lipinski definition) is 3. The van der Waals surface area contributed by atoms with E-state index in [4.69, 9.17) is 9.47 Å². The minimum absolute atomic E-state index is 0.159. The smallest absolute Gasteiger partial charge is 0.244 e. The van der Waals surface area contributed by atoms with Crippen molar-refractivity contribution in [1.29, 1.82) is 0 Å². The van der Waals surface area contributed by atoms with E-state index in [0.29, 0.717) is 18.0 Å². The third kappa shape index (κ3) is 4.38. The van der Waals surface area contributed by atoms with Crippen molar-refractivity contribution in [2.45, 2.75) is 6.54 Å². The van der Waals surface area contributed by atoms with Crippen molar-refractivity contribution in [3.63, 3.8) is 0 Å². The van der Waals surface area contributed by atoms with E-state index in [-0.39, 0.29) is 5.91 Å². The molecule has 0 spiro atoms. The molecule has 4 nitrogen and oxygen atoms in total. The van der Waals surface area contributed by atoms with Crippen LogP contribution in [0.1, 0.15) is 11.1 Å². The van der Waals surface area contributed by atoms with Crippen LogP contribution in [0.4, 0.5) is 0 Å². The lowest BCUT2D eigenvalue weighted by molar-refractivity contribution is -0.116. The molecule has 0 radical (unpaired) electrons. The summed E-state index contributed by atoms with van der Waals surface area (Å²) in [7, 11) is 3.19. The molecule has 1 N–H and O–H groups in total. The Bertz CT molecular complexity index is 651. The van der Waals surface area contributed by atoms with Gasteiger partial charge in [0.05, 0.1) is 14.2 Å². The number of carbonyl (C=O) groups is 1. The predicted molar refractivity (Wildman–Crippen MR) is 86.9 cm³/mol. The normalized spacial score (nSPS) is 10.5. The number of amides is 1. The number of carbonyl (C=O) groups excluding carboxylic acids is 1. The molecule has 2 aromatic rings. The first-order valence-corrected chi connectivity index (χ1v) is 6.95. The molecule has 0 aromatic heterocycles. The van der Waals surface area contributed by atoms with Crippen LogP contribution in [-0.2, 0) is 11.3 Å². The second-order valence-electron chi connectivity index (χ2n) is 4.64. The zero-order valence-electron chi connectivity index (χ0n) is 12.7. The van der Waals surface area contributed by atoms with Gasteiger partial charge in [0.25, 0.3) is 0 Å². The molecule has 0 saturated heterocycles. The standard InChI is InChI=1S/C18H19NO3/c1-21-16-9-10-17(22-2)15(12-16)8-11-18(20)19-13-14-6-4-3-5-7-14/h3-12H,13H2,1-2H3,(H,19,20)/b11-8+. The Balaban J connectivity index is 2.00. The minimum atomic E-state index is -0.159. The highest BCUT2D eigenvalue weighted by atomic mass is 16.5. The van der Waals surface area contributed by atoms with Crippen molar-refractivity contribution < 1.29 is 14.3 Å². The van der Waals surface area contributed by atoms with E-state index < -0.39 is 0 Å². The lowest BCUT2D eigenvalue weighted by Crippen LogP contribution is -2.20. The fraction of sp³-hybridized carbons (Fsp3) is 0.167. The van der Waals surface area contributed by atoms with E-state index in [1.165, 1.54) is 6.08 Å². The minimum Gasteiger partial charge on any atom is -0.497 e. The van der Waals surface area contributed by atoms with Gasteiger partial charge in [0.2, 0.25) is 5.91 Å². The maximum absolute atomic E-state index is 11.9. The highest BCUT2D eigenvalue weighted by molar-refractivity contribution is 5.92. The quantitative estimate of drug-likeness (QED) is 0.834. The molecule has 0 saturated carbocycles. The fourth-order valence-electron chi connectivity index (χ4n) is 1.98. The lowest BCUT2D eigenvalue weighted by atomic mass is 10.1. The number of rotatable bonds is 6. The van der Waals surface area contributed by atoms with Crippen LogP contribution in [0.15, 0.2) is 54.6 Å². The van der Waals surface area contributed by atoms with Crippen LogP contribution in [-0.4, -0.2) is 20.1 Å². The maximum atomic E-state index is 11.9. The van der Waals surface area contributed by atoms with Crippen molar-refractivity contribution >= 4 is 12.0 Å². The van der Waals surface area contributed by atoms with Gasteiger partial charge in [-0.15, -0.1) is 0 Å². The van der Waals surface area contributed by atoms with Gasteiger partial charge >= 0.3 is 0 Å². The summed E-state index contributed by atoms with van der Waals surface area (Å²) in [6.45, 7) is 0.499. The summed E-state index contributed by atoms with van der Waals surface area (Å²) in [5.41, 5.74) is 1.85. The van der Waals surface area contributed by atoms with Crippen molar-refractivity contribution in [3.05, 3.63) is 65.7 Å². The van der Waals surface area contributed by atoms with Crippen molar-refractivity contribution in [2.24, 2.45) is 0 Å². The Kier molecular flexibility index (Phi) is 5.60. The molecule has 0 atom stereocenters. The molecule has 114 valence electrons. The fourth-order valence-corrected chi connectivity index (χ4v) is 1.98. The second kappa shape index (κ2) is 7.88. The third-order valence-electron chi connectivity index (χ3n) is 3.16. The molecule has 2 rings (SSSR count). The molecular weight excluding hydrogens is 278 g/mol. The molecule has 0 bridgehead atoms. The second-order valence-corrected chi connectivity index (χ2v) is 4.64. The van der Waals surface area contributed by atoms with E-state index in [9.17, 15) is 4.79 Å². The van der Waals surface area contributed by atoms with E-state index in [2.05, 4.69) is 5.32 Å². The van der Waals surface area contributed by atoms with Crippen molar-refractivity contribution in [3.8, 4) is 11.5 Å². The average Bonchev–Trinajstić information content (AvgIpc) is 2.58. The monoisotopic (exact) mass is 297 g/mol. The van der Waals surface area contributed by atoms with E-state index >= 15 is 0 Å². The van der Waals surface area contributed by atoms with Gasteiger partial charge in [-0.3, -0.25) is 4.79 Å². The van der Waals surface area contributed by atoms with Gasteiger partial charge in [0.15, 0.2) is 0 Å². The zero-order valence-corrected chi connectivity index (χ0v) is 12.7. The van der Waals surface area contributed by atoms with Gasteiger partial charge in [0.1, 0.15) is 11.5 Å². The van der Waals surface area contributed by atoms with Gasteiger partial charge in [-0.2, -0.15) is 0 Å². The van der Waals surface area contributed by atoms with Gasteiger partial charge in [0, 0.05) is 18.2 Å². The average molecular weight is 297 g/mol. The first-order chi connectivity index (χ1) is 10.7. The van der Waals surface area contributed by atoms with Crippen LogP contribution in [0.2, 0.25) is 0 Å². The van der Waals surface area contributed by atoms with Gasteiger partial charge in [-0.1, -0.05) is 30.3 Å². The Morgan fingerprint density at radius 1 is 1.09 bits per heavy atom. The van der Waals surface area contributed by atoms with Crippen molar-refractivity contribution in [2.75, 3.05) is 14.2 Å². The summed E-state index contributed by atoms with van der Waals surface area (Å²) in [6.07, 6.45) is 3.20. The number of ether oxygens (including phenoxy) is 2. The Morgan fingerprint density at radius 2 is 1.86 bits per heavy atom. The molecule has 0 aliphatic rings. The maximum Gasteiger partial charge on any atom is 0.244 e. The summed E-state index contributed by atoms with van der Waals surface area (Å²) in [4.78, 5) is 11.9. The Morgan fingerprint density at radius 3 is 2.55 bits per heavy atom. The molecule has 22 heavy (non-hydrogen) atoms. The number of benzene rings is 2. The van der Waals surface area contributed by atoms with Crippen LogP contribution in [0, 0.1) is 0 Å². The SMILES string of the molecule is COc1ccc(OC)c(/C=C/C(=O)NCc2ccccc2)c1. The van der Waals surface area contributed by atoms with Crippen LogP contribution in [0.5, 0.6) is 11.5 Å². The highest BCUT2D eigenvalue weighted by Gasteiger charge is 2.03. The molecular formula is C18H19NO3. The van der Waals surface area contributed by atoms with Gasteiger partial charge < -0.3 is 14.8 Å². The van der Waals surface area contributed by atoms with Gasteiger partial charge in [-0.05, 0) is 29.8 Å². The van der Waals surface area contributed by atoms with Crippen LogP contribution < -0.4 is 14.8 Å². The van der Waals surface area contributed by atoms with Gasteiger partial charge in [-0.25, -0.2) is 0 Å². The van der Waals surface area contributed by atoms with E-state index in [1.807, 2.05) is 42.5 Å². The highest BCUT2D eigenvalue weighted by Crippen LogP contribution is 2.24.